The average molecular weight is 363 g/mol. The summed E-state index contributed by atoms with van der Waals surface area (Å²) in [6, 6.07) is 19.0. The third-order valence-corrected chi connectivity index (χ3v) is 3.34. The molecule has 0 radical (unpaired) electrons. The van der Waals surface area contributed by atoms with E-state index in [9.17, 15) is 9.59 Å². The number of ketones is 1. The molecule has 0 aliphatic carbocycles. The summed E-state index contributed by atoms with van der Waals surface area (Å²) in [5.41, 5.74) is 1.59. The Hall–Kier alpha value is -2.17. The highest BCUT2D eigenvalue weighted by molar-refractivity contribution is 6.26. The second kappa shape index (κ2) is 11.4. The van der Waals surface area contributed by atoms with Crippen molar-refractivity contribution >= 4 is 23.4 Å². The van der Waals surface area contributed by atoms with E-state index in [1.54, 1.807) is 0 Å². The maximum atomic E-state index is 12.6. The molecule has 0 aliphatic heterocycles. The van der Waals surface area contributed by atoms with Crippen LogP contribution in [0.1, 0.15) is 35.9 Å². The van der Waals surface area contributed by atoms with Crippen LogP contribution in [-0.2, 0) is 9.53 Å². The van der Waals surface area contributed by atoms with Crippen molar-refractivity contribution in [2.45, 2.75) is 20.0 Å². The first-order valence-electron chi connectivity index (χ1n) is 7.99. The van der Waals surface area contributed by atoms with Crippen molar-refractivity contribution in [3.8, 4) is 0 Å². The Bertz CT molecular complexity index is 641. The second-order valence-corrected chi connectivity index (χ2v) is 6.04. The topological polar surface area (TPSA) is 63.6 Å². The largest absolute Gasteiger partial charge is 0.480 e. The predicted molar refractivity (Wildman–Crippen MR) is 99.1 cm³/mol. The Morgan fingerprint density at radius 2 is 1.48 bits per heavy atom. The van der Waals surface area contributed by atoms with Crippen LogP contribution in [0.3, 0.4) is 0 Å². The smallest absolute Gasteiger partial charge is 0.318 e. The van der Waals surface area contributed by atoms with Crippen molar-refractivity contribution < 1.29 is 19.4 Å². The third kappa shape index (κ3) is 7.96. The van der Waals surface area contributed by atoms with Crippen molar-refractivity contribution in [3.05, 3.63) is 71.8 Å². The molecule has 0 saturated heterocycles. The lowest BCUT2D eigenvalue weighted by molar-refractivity contribution is -0.134. The number of benzene rings is 2. The summed E-state index contributed by atoms with van der Waals surface area (Å²) in [4.78, 5) is 21.9. The Labute approximate surface area is 153 Å². The Morgan fingerprint density at radius 1 is 1.00 bits per heavy atom. The molecule has 1 unspecified atom stereocenters. The highest BCUT2D eigenvalue weighted by Crippen LogP contribution is 2.23. The van der Waals surface area contributed by atoms with Gasteiger partial charge in [-0.05, 0) is 11.5 Å². The van der Waals surface area contributed by atoms with Crippen LogP contribution in [0.4, 0.5) is 0 Å². The van der Waals surface area contributed by atoms with Crippen LogP contribution in [0.25, 0.3) is 0 Å². The summed E-state index contributed by atoms with van der Waals surface area (Å²) in [6.45, 7) is 4.72. The molecule has 1 atom stereocenters. The zero-order valence-corrected chi connectivity index (χ0v) is 15.1. The van der Waals surface area contributed by atoms with Gasteiger partial charge in [0.15, 0.2) is 5.78 Å². The highest BCUT2D eigenvalue weighted by atomic mass is 35.5. The number of halogens is 1. The van der Waals surface area contributed by atoms with E-state index >= 15 is 0 Å². The van der Waals surface area contributed by atoms with Crippen LogP contribution in [0.2, 0.25) is 0 Å². The normalized spacial score (nSPS) is 11.4. The first kappa shape index (κ1) is 20.9. The van der Waals surface area contributed by atoms with Gasteiger partial charge in [0.1, 0.15) is 12.0 Å². The van der Waals surface area contributed by atoms with E-state index < -0.39 is 12.1 Å². The monoisotopic (exact) mass is 362 g/mol. The number of carboxylic acid groups (broad SMARTS) is 1. The molecule has 2 rings (SSSR count). The van der Waals surface area contributed by atoms with Gasteiger partial charge in [0.05, 0.1) is 6.61 Å². The zero-order chi connectivity index (χ0) is 18.7. The molecule has 0 fully saturated rings. The summed E-state index contributed by atoms with van der Waals surface area (Å²) in [7, 11) is 0. The standard InChI is InChI=1S/C18H20O2.C2H3ClO2/c1-14(2)13-20-18(16-11-7-4-8-12-16)17(19)15-9-5-3-6-10-15;3-1-2(4)5/h3-12,14,18H,13H2,1-2H3;1H2,(H,4,5). The van der Waals surface area contributed by atoms with E-state index in [0.717, 1.165) is 5.56 Å². The summed E-state index contributed by atoms with van der Waals surface area (Å²) in [5, 5.41) is 7.59. The minimum atomic E-state index is -0.980. The van der Waals surface area contributed by atoms with E-state index in [1.165, 1.54) is 0 Å². The molecule has 25 heavy (non-hydrogen) atoms. The van der Waals surface area contributed by atoms with Crippen LogP contribution < -0.4 is 0 Å². The van der Waals surface area contributed by atoms with Gasteiger partial charge in [-0.2, -0.15) is 0 Å². The van der Waals surface area contributed by atoms with Crippen LogP contribution in [0.5, 0.6) is 0 Å². The molecule has 0 heterocycles. The van der Waals surface area contributed by atoms with Gasteiger partial charge >= 0.3 is 5.97 Å². The van der Waals surface area contributed by atoms with Gasteiger partial charge in [0, 0.05) is 5.56 Å². The van der Waals surface area contributed by atoms with Crippen LogP contribution in [0, 0.1) is 5.92 Å². The lowest BCUT2D eigenvalue weighted by atomic mass is 10.00. The number of Topliss-reactive ketones (excluding diaryl/α,β-unsaturated/α-hetero) is 1. The fourth-order valence-electron chi connectivity index (χ4n) is 1.99. The van der Waals surface area contributed by atoms with Gasteiger partial charge in [-0.25, -0.2) is 0 Å². The van der Waals surface area contributed by atoms with Crippen LogP contribution >= 0.6 is 11.6 Å². The molecule has 134 valence electrons. The molecule has 0 aliphatic rings. The van der Waals surface area contributed by atoms with Gasteiger partial charge in [0.2, 0.25) is 0 Å². The molecule has 2 aromatic rings. The number of hydrogen-bond acceptors (Lipinski definition) is 3. The molecule has 0 aromatic heterocycles. The predicted octanol–water partition coefficient (Wildman–Crippen LogP) is 4.59. The summed E-state index contributed by atoms with van der Waals surface area (Å²) in [6.07, 6.45) is -0.527. The number of ether oxygens (including phenoxy) is 1. The quantitative estimate of drug-likeness (QED) is 0.577. The summed E-state index contributed by atoms with van der Waals surface area (Å²) in [5.74, 6) is -0.881. The van der Waals surface area contributed by atoms with Crippen LogP contribution in [0.15, 0.2) is 60.7 Å². The van der Waals surface area contributed by atoms with Crippen molar-refractivity contribution in [2.75, 3.05) is 12.5 Å². The molecule has 2 aromatic carbocycles. The SMILES string of the molecule is CC(C)COC(C(=O)c1ccccc1)c1ccccc1.O=C(O)CCl. The number of rotatable bonds is 7. The highest BCUT2D eigenvalue weighted by Gasteiger charge is 2.22. The van der Waals surface area contributed by atoms with Crippen molar-refractivity contribution in [1.82, 2.24) is 0 Å². The van der Waals surface area contributed by atoms with E-state index in [-0.39, 0.29) is 11.7 Å². The van der Waals surface area contributed by atoms with Gasteiger partial charge in [-0.15, -0.1) is 11.6 Å². The number of carbonyl (C=O) groups excluding carboxylic acids is 1. The lowest BCUT2D eigenvalue weighted by Crippen LogP contribution is -2.18. The molecule has 5 heteroatoms. The fourth-order valence-corrected chi connectivity index (χ4v) is 1.99. The Kier molecular flexibility index (Phi) is 9.51. The van der Waals surface area contributed by atoms with E-state index in [4.69, 9.17) is 21.4 Å². The fraction of sp³-hybridized carbons (Fsp3) is 0.300. The first-order valence-corrected chi connectivity index (χ1v) is 8.52. The Morgan fingerprint density at radius 3 is 1.92 bits per heavy atom. The molecule has 0 bridgehead atoms. The molecule has 0 spiro atoms. The van der Waals surface area contributed by atoms with E-state index in [1.807, 2.05) is 60.7 Å². The van der Waals surface area contributed by atoms with Crippen molar-refractivity contribution in [1.29, 1.82) is 0 Å². The summed E-state index contributed by atoms with van der Waals surface area (Å²) < 4.78 is 5.86. The second-order valence-electron chi connectivity index (χ2n) is 5.78. The van der Waals surface area contributed by atoms with E-state index in [2.05, 4.69) is 13.8 Å². The molecule has 1 N–H and O–H groups in total. The maximum absolute atomic E-state index is 12.6. The van der Waals surface area contributed by atoms with Crippen molar-refractivity contribution in [2.24, 2.45) is 5.92 Å². The van der Waals surface area contributed by atoms with Gasteiger partial charge in [-0.3, -0.25) is 9.59 Å². The number of carbonyl (C=O) groups is 2. The minimum Gasteiger partial charge on any atom is -0.480 e. The number of carboxylic acids is 1. The first-order chi connectivity index (χ1) is 12.0. The third-order valence-electron chi connectivity index (χ3n) is 3.11. The average Bonchev–Trinajstić information content (AvgIpc) is 2.63. The Balaban J connectivity index is 0.000000550. The minimum absolute atomic E-state index is 0.0115. The maximum Gasteiger partial charge on any atom is 0.318 e. The van der Waals surface area contributed by atoms with Gasteiger partial charge < -0.3 is 9.84 Å². The molecular weight excluding hydrogens is 340 g/mol. The van der Waals surface area contributed by atoms with Crippen LogP contribution in [-0.4, -0.2) is 29.3 Å². The lowest BCUT2D eigenvalue weighted by Gasteiger charge is -2.18. The summed E-state index contributed by atoms with van der Waals surface area (Å²) >= 11 is 4.74. The number of alkyl halides is 1. The molecule has 4 nitrogen and oxygen atoms in total. The van der Waals surface area contributed by atoms with Crippen molar-refractivity contribution in [3.63, 3.8) is 0 Å². The molecule has 0 amide bonds. The van der Waals surface area contributed by atoms with Gasteiger partial charge in [0.25, 0.3) is 0 Å². The molecular formula is C20H23ClO4. The van der Waals surface area contributed by atoms with Gasteiger partial charge in [-0.1, -0.05) is 74.5 Å². The molecule has 0 saturated carbocycles. The number of hydrogen-bond donors (Lipinski definition) is 1. The number of aliphatic carboxylic acids is 1. The zero-order valence-electron chi connectivity index (χ0n) is 14.4. The van der Waals surface area contributed by atoms with E-state index in [0.29, 0.717) is 18.1 Å².